The summed E-state index contributed by atoms with van der Waals surface area (Å²) in [5.74, 6) is 0.806. The largest absolute Gasteiger partial charge is 0.487 e. The number of benzene rings is 2. The molecule has 1 unspecified atom stereocenters. The van der Waals surface area contributed by atoms with Crippen LogP contribution < -0.4 is 9.47 Å². The predicted molar refractivity (Wildman–Crippen MR) is 120 cm³/mol. The van der Waals surface area contributed by atoms with Crippen molar-refractivity contribution in [1.29, 1.82) is 5.26 Å². The summed E-state index contributed by atoms with van der Waals surface area (Å²) in [4.78, 5) is 11.9. The summed E-state index contributed by atoms with van der Waals surface area (Å²) in [6.45, 7) is 4.55. The molecule has 1 aromatic heterocycles. The zero-order valence-electron chi connectivity index (χ0n) is 17.7. The molecule has 0 spiro atoms. The third-order valence-electron chi connectivity index (χ3n) is 4.78. The van der Waals surface area contributed by atoms with Gasteiger partial charge in [-0.2, -0.15) is 16.6 Å². The van der Waals surface area contributed by atoms with Gasteiger partial charge in [-0.1, -0.05) is 24.3 Å². The first-order valence-electron chi connectivity index (χ1n) is 10.2. The number of ether oxygens (including phenoxy) is 3. The smallest absolute Gasteiger partial charge is 0.305 e. The highest BCUT2D eigenvalue weighted by molar-refractivity contribution is 7.07. The van der Waals surface area contributed by atoms with Gasteiger partial charge in [-0.05, 0) is 65.9 Å². The number of carbonyl (C=O) groups is 1. The van der Waals surface area contributed by atoms with Crippen molar-refractivity contribution < 1.29 is 19.0 Å². The summed E-state index contributed by atoms with van der Waals surface area (Å²) in [5.41, 5.74) is 3.59. The van der Waals surface area contributed by atoms with Crippen molar-refractivity contribution in [2.75, 3.05) is 6.61 Å². The normalized spacial score (nSPS) is 11.4. The number of esters is 1. The van der Waals surface area contributed by atoms with Gasteiger partial charge < -0.3 is 14.2 Å². The SMILES string of the molecule is CCOC(=O)CCC(Oc1ccc(C#N)c(OCc2ccsc2)c1)c1ccccc1C. The number of aryl methyl sites for hydroxylation is 1. The minimum atomic E-state index is -0.330. The monoisotopic (exact) mass is 435 g/mol. The molecular weight excluding hydrogens is 410 g/mol. The fraction of sp³-hybridized carbons (Fsp3) is 0.280. The van der Waals surface area contributed by atoms with Gasteiger partial charge in [-0.15, -0.1) is 0 Å². The number of nitriles is 1. The van der Waals surface area contributed by atoms with E-state index < -0.39 is 0 Å². The van der Waals surface area contributed by atoms with Crippen molar-refractivity contribution in [3.05, 3.63) is 81.5 Å². The fourth-order valence-electron chi connectivity index (χ4n) is 3.20. The lowest BCUT2D eigenvalue weighted by Gasteiger charge is -2.22. The van der Waals surface area contributed by atoms with Gasteiger partial charge in [0.25, 0.3) is 0 Å². The summed E-state index contributed by atoms with van der Waals surface area (Å²) in [5, 5.41) is 13.4. The molecule has 0 bridgehead atoms. The van der Waals surface area contributed by atoms with Crippen molar-refractivity contribution in [2.45, 2.75) is 39.4 Å². The second kappa shape index (κ2) is 11.2. The van der Waals surface area contributed by atoms with Crippen LogP contribution in [0.5, 0.6) is 11.5 Å². The third kappa shape index (κ3) is 6.34. The second-order valence-electron chi connectivity index (χ2n) is 7.00. The van der Waals surface area contributed by atoms with Gasteiger partial charge in [0.15, 0.2) is 0 Å². The quantitative estimate of drug-likeness (QED) is 0.367. The minimum absolute atomic E-state index is 0.246. The Morgan fingerprint density at radius 2 is 2.03 bits per heavy atom. The molecule has 1 atom stereocenters. The Morgan fingerprint density at radius 1 is 1.19 bits per heavy atom. The highest BCUT2D eigenvalue weighted by Crippen LogP contribution is 2.32. The molecule has 2 aromatic carbocycles. The molecule has 0 aliphatic rings. The fourth-order valence-corrected chi connectivity index (χ4v) is 3.85. The molecule has 5 nitrogen and oxygen atoms in total. The Kier molecular flexibility index (Phi) is 8.08. The van der Waals surface area contributed by atoms with Crippen LogP contribution in [0, 0.1) is 18.3 Å². The first-order chi connectivity index (χ1) is 15.1. The predicted octanol–water partition coefficient (Wildman–Crippen LogP) is 5.97. The van der Waals surface area contributed by atoms with E-state index in [2.05, 4.69) is 6.07 Å². The molecular formula is C25H25NO4S. The van der Waals surface area contributed by atoms with Gasteiger partial charge in [0, 0.05) is 12.5 Å². The summed E-state index contributed by atoms with van der Waals surface area (Å²) in [6, 6.07) is 17.3. The second-order valence-corrected chi connectivity index (χ2v) is 7.78. The summed E-state index contributed by atoms with van der Waals surface area (Å²) < 4.78 is 17.3. The van der Waals surface area contributed by atoms with Crippen LogP contribution in [0.15, 0.2) is 59.3 Å². The maximum atomic E-state index is 11.9. The van der Waals surface area contributed by atoms with Crippen molar-refractivity contribution in [2.24, 2.45) is 0 Å². The topological polar surface area (TPSA) is 68.5 Å². The van der Waals surface area contributed by atoms with Gasteiger partial charge >= 0.3 is 5.97 Å². The maximum Gasteiger partial charge on any atom is 0.305 e. The summed E-state index contributed by atoms with van der Waals surface area (Å²) in [7, 11) is 0. The zero-order chi connectivity index (χ0) is 22.1. The highest BCUT2D eigenvalue weighted by Gasteiger charge is 2.19. The number of carbonyl (C=O) groups excluding carboxylic acids is 1. The van der Waals surface area contributed by atoms with Crippen LogP contribution in [-0.2, 0) is 16.1 Å². The van der Waals surface area contributed by atoms with Crippen molar-refractivity contribution in [3.8, 4) is 17.6 Å². The Bertz CT molecular complexity index is 1040. The first kappa shape index (κ1) is 22.4. The van der Waals surface area contributed by atoms with Crippen LogP contribution in [0.25, 0.3) is 0 Å². The molecule has 6 heteroatoms. The number of nitrogens with zero attached hydrogens (tertiary/aromatic N) is 1. The number of thiophene rings is 1. The van der Waals surface area contributed by atoms with E-state index in [1.165, 1.54) is 0 Å². The van der Waals surface area contributed by atoms with Gasteiger partial charge in [-0.25, -0.2) is 0 Å². The van der Waals surface area contributed by atoms with Crippen LogP contribution >= 0.6 is 11.3 Å². The van der Waals surface area contributed by atoms with Crippen LogP contribution in [-0.4, -0.2) is 12.6 Å². The Balaban J connectivity index is 1.80. The van der Waals surface area contributed by atoms with Crippen LogP contribution in [0.1, 0.15) is 48.1 Å². The van der Waals surface area contributed by atoms with E-state index in [1.54, 1.807) is 36.5 Å². The van der Waals surface area contributed by atoms with E-state index in [0.717, 1.165) is 16.7 Å². The summed E-state index contributed by atoms with van der Waals surface area (Å²) >= 11 is 1.60. The van der Waals surface area contributed by atoms with Crippen molar-refractivity contribution in [1.82, 2.24) is 0 Å². The lowest BCUT2D eigenvalue weighted by atomic mass is 9.99. The number of rotatable bonds is 10. The van der Waals surface area contributed by atoms with Gasteiger partial charge in [0.1, 0.15) is 30.3 Å². The molecule has 0 saturated carbocycles. The number of hydrogen-bond donors (Lipinski definition) is 0. The Labute approximate surface area is 186 Å². The first-order valence-corrected chi connectivity index (χ1v) is 11.1. The average Bonchev–Trinajstić information content (AvgIpc) is 3.30. The molecule has 0 fully saturated rings. The van der Waals surface area contributed by atoms with Crippen LogP contribution in [0.2, 0.25) is 0 Å². The van der Waals surface area contributed by atoms with Gasteiger partial charge in [0.05, 0.1) is 12.2 Å². The lowest BCUT2D eigenvalue weighted by molar-refractivity contribution is -0.143. The molecule has 31 heavy (non-hydrogen) atoms. The minimum Gasteiger partial charge on any atom is -0.487 e. The third-order valence-corrected chi connectivity index (χ3v) is 5.51. The molecule has 0 amide bonds. The van der Waals surface area contributed by atoms with Crippen LogP contribution in [0.4, 0.5) is 0 Å². The van der Waals surface area contributed by atoms with Crippen LogP contribution in [0.3, 0.4) is 0 Å². The van der Waals surface area contributed by atoms with Crippen molar-refractivity contribution in [3.63, 3.8) is 0 Å². The lowest BCUT2D eigenvalue weighted by Crippen LogP contribution is -2.13. The van der Waals surface area contributed by atoms with E-state index in [1.807, 2.05) is 48.0 Å². The summed E-state index contributed by atoms with van der Waals surface area (Å²) in [6.07, 6.45) is 0.405. The highest BCUT2D eigenvalue weighted by atomic mass is 32.1. The molecule has 1 heterocycles. The van der Waals surface area contributed by atoms with E-state index in [0.29, 0.717) is 36.7 Å². The molecule has 3 aromatic rings. The van der Waals surface area contributed by atoms with Gasteiger partial charge in [0.2, 0.25) is 0 Å². The molecule has 160 valence electrons. The molecule has 0 aliphatic carbocycles. The Hall–Kier alpha value is -3.30. The molecule has 0 radical (unpaired) electrons. The van der Waals surface area contributed by atoms with Gasteiger partial charge in [-0.3, -0.25) is 4.79 Å². The van der Waals surface area contributed by atoms with E-state index in [-0.39, 0.29) is 18.5 Å². The van der Waals surface area contributed by atoms with Crippen molar-refractivity contribution >= 4 is 17.3 Å². The average molecular weight is 436 g/mol. The van der Waals surface area contributed by atoms with E-state index in [4.69, 9.17) is 14.2 Å². The standard InChI is InChI=1S/C25H25NO4S/c1-3-28-25(27)11-10-23(22-7-5-4-6-18(22)2)30-21-9-8-20(15-26)24(14-21)29-16-19-12-13-31-17-19/h4-9,12-14,17,23H,3,10-11,16H2,1-2H3. The zero-order valence-corrected chi connectivity index (χ0v) is 18.5. The molecule has 0 N–H and O–H groups in total. The Morgan fingerprint density at radius 3 is 2.74 bits per heavy atom. The van der Waals surface area contributed by atoms with E-state index >= 15 is 0 Å². The molecule has 0 aliphatic heterocycles. The molecule has 0 saturated heterocycles. The molecule has 3 rings (SSSR count). The number of hydrogen-bond acceptors (Lipinski definition) is 6. The maximum absolute atomic E-state index is 11.9. The van der Waals surface area contributed by atoms with E-state index in [9.17, 15) is 10.1 Å².